The van der Waals surface area contributed by atoms with E-state index in [4.69, 9.17) is 9.76 Å². The van der Waals surface area contributed by atoms with E-state index < -0.39 is 0 Å². The van der Waals surface area contributed by atoms with Crippen LogP contribution >= 0.6 is 0 Å². The van der Waals surface area contributed by atoms with Crippen molar-refractivity contribution >= 4 is 23.7 Å². The molecule has 0 amide bonds. The molecule has 0 bridgehead atoms. The maximum absolute atomic E-state index is 9.13. The van der Waals surface area contributed by atoms with Gasteiger partial charge in [0.2, 0.25) is 0 Å². The summed E-state index contributed by atoms with van der Waals surface area (Å²) >= 11 is 0. The molecule has 0 unspecified atom stereocenters. The van der Waals surface area contributed by atoms with Gasteiger partial charge in [0.1, 0.15) is 5.75 Å². The summed E-state index contributed by atoms with van der Waals surface area (Å²) in [5.41, 5.74) is 0.825. The van der Waals surface area contributed by atoms with Crippen LogP contribution in [-0.4, -0.2) is 19.6 Å². The second kappa shape index (κ2) is 3.72. The Morgan fingerprint density at radius 2 is 1.79 bits per heavy atom. The molecule has 2 rings (SSSR count). The second-order valence-electron chi connectivity index (χ2n) is 3.17. The molecule has 1 N–H and O–H groups in total. The van der Waals surface area contributed by atoms with E-state index in [1.165, 1.54) is 0 Å². The number of benzene rings is 2. The maximum Gasteiger partial charge on any atom is 0.308 e. The molecule has 0 aliphatic rings. The molecule has 0 saturated heterocycles. The summed E-state index contributed by atoms with van der Waals surface area (Å²) in [4.78, 5) is 0. The topological polar surface area (TPSA) is 29.5 Å². The van der Waals surface area contributed by atoms with Gasteiger partial charge >= 0.3 is 7.48 Å². The largest absolute Gasteiger partial charge is 0.497 e. The fourth-order valence-electron chi connectivity index (χ4n) is 1.58. The molecule has 3 heteroatoms. The Labute approximate surface area is 83.4 Å². The minimum absolute atomic E-state index is 0.00794. The highest BCUT2D eigenvalue weighted by Crippen LogP contribution is 2.18. The van der Waals surface area contributed by atoms with Gasteiger partial charge in [0.05, 0.1) is 7.11 Å². The van der Waals surface area contributed by atoms with Crippen molar-refractivity contribution in [2.45, 2.75) is 0 Å². The summed E-state index contributed by atoms with van der Waals surface area (Å²) in [6.45, 7) is 0. The minimum Gasteiger partial charge on any atom is -0.497 e. The van der Waals surface area contributed by atoms with E-state index in [0.29, 0.717) is 0 Å². The number of methoxy groups -OCH3 is 1. The summed E-state index contributed by atoms with van der Waals surface area (Å²) in [6, 6.07) is 11.9. The Kier molecular flexibility index (Phi) is 2.42. The van der Waals surface area contributed by atoms with Crippen LogP contribution in [-0.2, 0) is 0 Å². The van der Waals surface area contributed by atoms with Crippen molar-refractivity contribution in [3.63, 3.8) is 0 Å². The van der Waals surface area contributed by atoms with Crippen LogP contribution in [0.15, 0.2) is 36.4 Å². The Balaban J connectivity index is 2.69. The normalized spacial score (nSPS) is 10.1. The lowest BCUT2D eigenvalue weighted by Gasteiger charge is -2.07. The molecule has 0 radical (unpaired) electrons. The molecule has 0 saturated carbocycles. The van der Waals surface area contributed by atoms with Gasteiger partial charge in [-0.25, -0.2) is 0 Å². The number of fused-ring (bicyclic) bond motifs is 1. The molecule has 0 heterocycles. The highest BCUT2D eigenvalue weighted by Gasteiger charge is 2.04. The summed E-state index contributed by atoms with van der Waals surface area (Å²) in [5, 5.41) is 11.4. The van der Waals surface area contributed by atoms with Gasteiger partial charge in [0.15, 0.2) is 0 Å². The van der Waals surface area contributed by atoms with E-state index in [0.717, 1.165) is 22.0 Å². The molecule has 2 aromatic carbocycles. The highest BCUT2D eigenvalue weighted by molar-refractivity contribution is 6.47. The second-order valence-corrected chi connectivity index (χ2v) is 3.17. The number of hydrogen-bond acceptors (Lipinski definition) is 2. The van der Waals surface area contributed by atoms with Crippen molar-refractivity contribution in [2.24, 2.45) is 0 Å². The van der Waals surface area contributed by atoms with Gasteiger partial charge in [-0.3, -0.25) is 0 Å². The molecule has 0 spiro atoms. The Morgan fingerprint density at radius 1 is 1.14 bits per heavy atom. The van der Waals surface area contributed by atoms with Crippen molar-refractivity contribution in [3.05, 3.63) is 36.4 Å². The third-order valence-corrected chi connectivity index (χ3v) is 2.32. The van der Waals surface area contributed by atoms with Crippen LogP contribution in [0, 0.1) is 0 Å². The van der Waals surface area contributed by atoms with Crippen molar-refractivity contribution in [1.29, 1.82) is 0 Å². The van der Waals surface area contributed by atoms with Crippen LogP contribution in [0.5, 0.6) is 5.75 Å². The van der Waals surface area contributed by atoms with Crippen LogP contribution in [0.4, 0.5) is 0 Å². The lowest BCUT2D eigenvalue weighted by atomic mass is 9.86. The summed E-state index contributed by atoms with van der Waals surface area (Å²) in [5.74, 6) is 0.742. The Hall–Kier alpha value is -1.48. The summed E-state index contributed by atoms with van der Waals surface area (Å²) in [7, 11) is 1.62. The molecule has 0 fully saturated rings. The average Bonchev–Trinajstić information content (AvgIpc) is 2.27. The standard InChI is InChI=1S/C11H11BO2/c1-14-11-7-9-5-3-2-4-8(9)6-10(11)12-13/h2-7,12-13H,1H3. The summed E-state index contributed by atoms with van der Waals surface area (Å²) in [6.07, 6.45) is 0. The lowest BCUT2D eigenvalue weighted by Crippen LogP contribution is -2.16. The van der Waals surface area contributed by atoms with Gasteiger partial charge < -0.3 is 9.76 Å². The monoisotopic (exact) mass is 186 g/mol. The van der Waals surface area contributed by atoms with Gasteiger partial charge in [-0.1, -0.05) is 30.3 Å². The van der Waals surface area contributed by atoms with E-state index in [1.807, 2.05) is 36.4 Å². The van der Waals surface area contributed by atoms with E-state index in [9.17, 15) is 0 Å². The smallest absolute Gasteiger partial charge is 0.308 e. The number of rotatable bonds is 2. The van der Waals surface area contributed by atoms with E-state index in [2.05, 4.69) is 0 Å². The SMILES string of the molecule is COc1cc2ccccc2cc1BO. The van der Waals surface area contributed by atoms with Crippen LogP contribution in [0.3, 0.4) is 0 Å². The van der Waals surface area contributed by atoms with Crippen molar-refractivity contribution in [2.75, 3.05) is 7.11 Å². The fraction of sp³-hybridized carbons (Fsp3) is 0.0909. The van der Waals surface area contributed by atoms with Crippen LogP contribution < -0.4 is 10.2 Å². The molecule has 0 atom stereocenters. The average molecular weight is 186 g/mol. The zero-order chi connectivity index (χ0) is 9.97. The first kappa shape index (κ1) is 9.09. The Bertz CT molecular complexity index is 411. The molecule has 14 heavy (non-hydrogen) atoms. The highest BCUT2D eigenvalue weighted by atomic mass is 16.5. The third kappa shape index (κ3) is 1.47. The zero-order valence-corrected chi connectivity index (χ0v) is 8.03. The van der Waals surface area contributed by atoms with Gasteiger partial charge in [-0.15, -0.1) is 0 Å². The van der Waals surface area contributed by atoms with E-state index in [-0.39, 0.29) is 7.48 Å². The van der Waals surface area contributed by atoms with Gasteiger partial charge in [0.25, 0.3) is 0 Å². The minimum atomic E-state index is 0.00794. The van der Waals surface area contributed by atoms with E-state index in [1.54, 1.807) is 7.11 Å². The van der Waals surface area contributed by atoms with Crippen LogP contribution in [0.25, 0.3) is 10.8 Å². The molecule has 2 aromatic rings. The molecular formula is C11H11BO2. The molecule has 2 nitrogen and oxygen atoms in total. The predicted molar refractivity (Wildman–Crippen MR) is 59.5 cm³/mol. The van der Waals surface area contributed by atoms with E-state index >= 15 is 0 Å². The van der Waals surface area contributed by atoms with Crippen LogP contribution in [0.1, 0.15) is 0 Å². The number of hydrogen-bond donors (Lipinski definition) is 1. The van der Waals surface area contributed by atoms with Gasteiger partial charge in [0, 0.05) is 0 Å². The molecule has 0 aliphatic carbocycles. The quantitative estimate of drug-likeness (QED) is 0.703. The van der Waals surface area contributed by atoms with Gasteiger partial charge in [-0.05, 0) is 22.3 Å². The van der Waals surface area contributed by atoms with Crippen molar-refractivity contribution < 1.29 is 9.76 Å². The summed E-state index contributed by atoms with van der Waals surface area (Å²) < 4.78 is 5.18. The van der Waals surface area contributed by atoms with Gasteiger partial charge in [-0.2, -0.15) is 0 Å². The first-order valence-corrected chi connectivity index (χ1v) is 4.51. The van der Waals surface area contributed by atoms with Crippen LogP contribution in [0.2, 0.25) is 0 Å². The van der Waals surface area contributed by atoms with Crippen molar-refractivity contribution in [1.82, 2.24) is 0 Å². The molecule has 0 aliphatic heterocycles. The number of ether oxygens (including phenoxy) is 1. The van der Waals surface area contributed by atoms with Crippen molar-refractivity contribution in [3.8, 4) is 5.75 Å². The first-order chi connectivity index (χ1) is 6.85. The Morgan fingerprint density at radius 3 is 2.36 bits per heavy atom. The first-order valence-electron chi connectivity index (χ1n) is 4.51. The molecule has 70 valence electrons. The molecular weight excluding hydrogens is 175 g/mol. The predicted octanol–water partition coefficient (Wildman–Crippen LogP) is 0.817. The third-order valence-electron chi connectivity index (χ3n) is 2.32. The fourth-order valence-corrected chi connectivity index (χ4v) is 1.58. The zero-order valence-electron chi connectivity index (χ0n) is 8.03. The molecule has 0 aromatic heterocycles. The maximum atomic E-state index is 9.13. The lowest BCUT2D eigenvalue weighted by molar-refractivity contribution is 0.418.